The van der Waals surface area contributed by atoms with Crippen molar-refractivity contribution >= 4 is 10.0 Å². The number of aliphatic hydroxyl groups is 1. The molecule has 0 saturated heterocycles. The average molecular weight is 271 g/mol. The predicted octanol–water partition coefficient (Wildman–Crippen LogP) is 1.55. The second kappa shape index (κ2) is 6.87. The van der Waals surface area contributed by atoms with Crippen LogP contribution in [0.3, 0.4) is 0 Å². The molecule has 0 heterocycles. The summed E-state index contributed by atoms with van der Waals surface area (Å²) in [7, 11) is -3.46. The summed E-state index contributed by atoms with van der Waals surface area (Å²) in [5, 5.41) is 8.86. The number of aliphatic hydroxyl groups excluding tert-OH is 1. The molecule has 0 aliphatic heterocycles. The highest BCUT2D eigenvalue weighted by atomic mass is 32.2. The summed E-state index contributed by atoms with van der Waals surface area (Å²) in [4.78, 5) is 0.271. The molecule has 1 aromatic carbocycles. The summed E-state index contributed by atoms with van der Waals surface area (Å²) in [5.41, 5.74) is 1.14. The number of nitrogens with one attached hydrogen (secondary N) is 1. The van der Waals surface area contributed by atoms with Gasteiger partial charge in [-0.25, -0.2) is 13.1 Å². The van der Waals surface area contributed by atoms with E-state index in [0.717, 1.165) is 18.4 Å². The monoisotopic (exact) mass is 271 g/mol. The first-order chi connectivity index (χ1) is 8.49. The Morgan fingerprint density at radius 1 is 1.28 bits per heavy atom. The summed E-state index contributed by atoms with van der Waals surface area (Å²) < 4.78 is 26.3. The van der Waals surface area contributed by atoms with Crippen molar-refractivity contribution in [2.75, 3.05) is 13.2 Å². The summed E-state index contributed by atoms with van der Waals surface area (Å²) in [6.45, 7) is 4.09. The molecule has 0 aliphatic rings. The van der Waals surface area contributed by atoms with Gasteiger partial charge in [0.2, 0.25) is 10.0 Å². The maximum atomic E-state index is 11.9. The van der Waals surface area contributed by atoms with Gasteiger partial charge in [-0.3, -0.25) is 0 Å². The van der Waals surface area contributed by atoms with Crippen LogP contribution in [0.1, 0.15) is 25.8 Å². The summed E-state index contributed by atoms with van der Waals surface area (Å²) in [6, 6.07) is 6.93. The second-order valence-corrected chi connectivity index (χ2v) is 6.30. The fourth-order valence-corrected chi connectivity index (χ4v) is 2.69. The number of aryl methyl sites for hydroxylation is 1. The number of benzene rings is 1. The molecule has 1 aromatic rings. The van der Waals surface area contributed by atoms with Crippen LogP contribution in [0.25, 0.3) is 0 Å². The molecule has 0 saturated carbocycles. The van der Waals surface area contributed by atoms with Crippen LogP contribution in [0.2, 0.25) is 0 Å². The van der Waals surface area contributed by atoms with E-state index in [1.54, 1.807) is 19.1 Å². The largest absolute Gasteiger partial charge is 0.396 e. The van der Waals surface area contributed by atoms with Crippen molar-refractivity contribution < 1.29 is 13.5 Å². The Morgan fingerprint density at radius 2 is 1.89 bits per heavy atom. The molecule has 1 atom stereocenters. The van der Waals surface area contributed by atoms with Crippen molar-refractivity contribution in [3.05, 3.63) is 29.8 Å². The Kier molecular flexibility index (Phi) is 5.78. The van der Waals surface area contributed by atoms with Crippen LogP contribution in [-0.4, -0.2) is 26.7 Å². The Balaban J connectivity index is 2.72. The standard InChI is InChI=1S/C13H21NO3S/c1-3-4-12-5-7-13(8-6-12)18(16,17)14-9-11(2)10-15/h5-8,11,14-15H,3-4,9-10H2,1-2H3. The van der Waals surface area contributed by atoms with E-state index in [1.165, 1.54) is 0 Å². The lowest BCUT2D eigenvalue weighted by Gasteiger charge is -2.10. The van der Waals surface area contributed by atoms with Crippen molar-refractivity contribution in [1.82, 2.24) is 4.72 Å². The van der Waals surface area contributed by atoms with Crippen molar-refractivity contribution in [3.8, 4) is 0 Å². The maximum Gasteiger partial charge on any atom is 0.240 e. The highest BCUT2D eigenvalue weighted by Gasteiger charge is 2.14. The number of sulfonamides is 1. The molecule has 1 rings (SSSR count). The van der Waals surface area contributed by atoms with Crippen LogP contribution < -0.4 is 4.72 Å². The molecule has 102 valence electrons. The van der Waals surface area contributed by atoms with Gasteiger partial charge in [0.15, 0.2) is 0 Å². The number of rotatable bonds is 7. The van der Waals surface area contributed by atoms with Gasteiger partial charge >= 0.3 is 0 Å². The summed E-state index contributed by atoms with van der Waals surface area (Å²) in [5.74, 6) is -0.0841. The molecule has 18 heavy (non-hydrogen) atoms. The third kappa shape index (κ3) is 4.40. The van der Waals surface area contributed by atoms with Crippen LogP contribution in [0.5, 0.6) is 0 Å². The zero-order valence-corrected chi connectivity index (χ0v) is 11.7. The Bertz CT molecular complexity index is 454. The van der Waals surface area contributed by atoms with E-state index in [2.05, 4.69) is 11.6 Å². The number of hydrogen-bond acceptors (Lipinski definition) is 3. The average Bonchev–Trinajstić information content (AvgIpc) is 2.37. The normalized spacial score (nSPS) is 13.5. The van der Waals surface area contributed by atoms with Crippen LogP contribution in [0.15, 0.2) is 29.2 Å². The van der Waals surface area contributed by atoms with Gasteiger partial charge in [-0.2, -0.15) is 0 Å². The van der Waals surface area contributed by atoms with E-state index in [1.807, 2.05) is 12.1 Å². The topological polar surface area (TPSA) is 66.4 Å². The van der Waals surface area contributed by atoms with Gasteiger partial charge in [0.05, 0.1) is 4.90 Å². The van der Waals surface area contributed by atoms with E-state index in [0.29, 0.717) is 0 Å². The quantitative estimate of drug-likeness (QED) is 0.790. The van der Waals surface area contributed by atoms with E-state index >= 15 is 0 Å². The molecule has 2 N–H and O–H groups in total. The first kappa shape index (κ1) is 15.1. The summed E-state index contributed by atoms with van der Waals surface area (Å²) >= 11 is 0. The minimum Gasteiger partial charge on any atom is -0.396 e. The first-order valence-electron chi connectivity index (χ1n) is 6.19. The van der Waals surface area contributed by atoms with E-state index in [9.17, 15) is 8.42 Å². The molecule has 1 unspecified atom stereocenters. The third-order valence-corrected chi connectivity index (χ3v) is 4.15. The van der Waals surface area contributed by atoms with Gasteiger partial charge in [-0.1, -0.05) is 32.4 Å². The molecule has 5 heteroatoms. The smallest absolute Gasteiger partial charge is 0.240 e. The lowest BCUT2D eigenvalue weighted by Crippen LogP contribution is -2.29. The number of hydrogen-bond donors (Lipinski definition) is 2. The molecule has 0 aliphatic carbocycles. The molecule has 0 fully saturated rings. The molecule has 0 spiro atoms. The molecule has 0 aromatic heterocycles. The van der Waals surface area contributed by atoms with Crippen LogP contribution in [0.4, 0.5) is 0 Å². The maximum absolute atomic E-state index is 11.9. The molecule has 0 amide bonds. The van der Waals surface area contributed by atoms with E-state index < -0.39 is 10.0 Å². The first-order valence-corrected chi connectivity index (χ1v) is 7.67. The van der Waals surface area contributed by atoms with Gasteiger partial charge < -0.3 is 5.11 Å². The fourth-order valence-electron chi connectivity index (χ4n) is 1.52. The third-order valence-electron chi connectivity index (χ3n) is 2.71. The fraction of sp³-hybridized carbons (Fsp3) is 0.538. The lowest BCUT2D eigenvalue weighted by atomic mass is 10.1. The van der Waals surface area contributed by atoms with Gasteiger partial charge in [-0.05, 0) is 30.0 Å². The molecule has 4 nitrogen and oxygen atoms in total. The lowest BCUT2D eigenvalue weighted by molar-refractivity contribution is 0.238. The Hall–Kier alpha value is -0.910. The Morgan fingerprint density at radius 3 is 2.39 bits per heavy atom. The molecular formula is C13H21NO3S. The van der Waals surface area contributed by atoms with Crippen LogP contribution in [-0.2, 0) is 16.4 Å². The van der Waals surface area contributed by atoms with E-state index in [-0.39, 0.29) is 24.0 Å². The SMILES string of the molecule is CCCc1ccc(S(=O)(=O)NCC(C)CO)cc1. The minimum absolute atomic E-state index is 0.0298. The van der Waals surface area contributed by atoms with Crippen molar-refractivity contribution in [1.29, 1.82) is 0 Å². The Labute approximate surface area is 109 Å². The van der Waals surface area contributed by atoms with Crippen molar-refractivity contribution in [2.24, 2.45) is 5.92 Å². The summed E-state index contributed by atoms with van der Waals surface area (Å²) in [6.07, 6.45) is 1.99. The zero-order valence-electron chi connectivity index (χ0n) is 10.9. The minimum atomic E-state index is -3.46. The zero-order chi connectivity index (χ0) is 13.6. The van der Waals surface area contributed by atoms with E-state index in [4.69, 9.17) is 5.11 Å². The van der Waals surface area contributed by atoms with Gasteiger partial charge in [0.1, 0.15) is 0 Å². The van der Waals surface area contributed by atoms with Gasteiger partial charge in [0.25, 0.3) is 0 Å². The van der Waals surface area contributed by atoms with Crippen molar-refractivity contribution in [3.63, 3.8) is 0 Å². The molecule has 0 bridgehead atoms. The molecule has 0 radical (unpaired) electrons. The van der Waals surface area contributed by atoms with Crippen LogP contribution in [0, 0.1) is 5.92 Å². The second-order valence-electron chi connectivity index (χ2n) is 4.53. The highest BCUT2D eigenvalue weighted by Crippen LogP contribution is 2.12. The van der Waals surface area contributed by atoms with Crippen molar-refractivity contribution in [2.45, 2.75) is 31.6 Å². The highest BCUT2D eigenvalue weighted by molar-refractivity contribution is 7.89. The van der Waals surface area contributed by atoms with Crippen LogP contribution >= 0.6 is 0 Å². The predicted molar refractivity (Wildman–Crippen MR) is 71.9 cm³/mol. The molecular weight excluding hydrogens is 250 g/mol. The van der Waals surface area contributed by atoms with Gasteiger partial charge in [0, 0.05) is 13.2 Å². The van der Waals surface area contributed by atoms with Gasteiger partial charge in [-0.15, -0.1) is 0 Å².